The number of fused-ring (bicyclic) bond motifs is 1. The molecule has 1 aliphatic rings. The monoisotopic (exact) mass is 438 g/mol. The predicted octanol–water partition coefficient (Wildman–Crippen LogP) is 4.45. The first-order chi connectivity index (χ1) is 15.0. The molecule has 1 amide bonds. The summed E-state index contributed by atoms with van der Waals surface area (Å²) in [6.07, 6.45) is 0.790. The van der Waals surface area contributed by atoms with Crippen LogP contribution >= 0.6 is 0 Å². The molecule has 4 rings (SSSR count). The molecule has 0 fully saturated rings. The summed E-state index contributed by atoms with van der Waals surface area (Å²) >= 11 is 0. The average Bonchev–Trinajstić information content (AvgIpc) is 2.79. The largest absolute Gasteiger partial charge is 0.497 e. The predicted molar refractivity (Wildman–Crippen MR) is 118 cm³/mol. The minimum atomic E-state index is -3.71. The number of benzene rings is 3. The first-order valence-corrected chi connectivity index (χ1v) is 11.2. The second-order valence-corrected chi connectivity index (χ2v) is 8.89. The number of methoxy groups -OCH3 is 1. The highest BCUT2D eigenvalue weighted by Crippen LogP contribution is 2.34. The number of amides is 1. The first-order valence-electron chi connectivity index (χ1n) is 9.81. The zero-order valence-electron chi connectivity index (χ0n) is 16.9. The van der Waals surface area contributed by atoms with Gasteiger partial charge in [-0.15, -0.1) is 0 Å². The minimum absolute atomic E-state index is 0.204. The van der Waals surface area contributed by atoms with Crippen LogP contribution in [0.4, 0.5) is 16.2 Å². The van der Waals surface area contributed by atoms with Gasteiger partial charge < -0.3 is 9.47 Å². The molecule has 160 valence electrons. The van der Waals surface area contributed by atoms with Crippen LogP contribution in [0.5, 0.6) is 11.5 Å². The minimum Gasteiger partial charge on any atom is -0.497 e. The zero-order valence-corrected chi connectivity index (χ0v) is 17.8. The second kappa shape index (κ2) is 8.69. The number of sulfonamides is 1. The van der Waals surface area contributed by atoms with Crippen LogP contribution in [0, 0.1) is 0 Å². The number of anilines is 2. The summed E-state index contributed by atoms with van der Waals surface area (Å²) in [4.78, 5) is 12.4. The van der Waals surface area contributed by atoms with E-state index in [0.29, 0.717) is 42.3 Å². The highest BCUT2D eigenvalue weighted by molar-refractivity contribution is 7.92. The van der Waals surface area contributed by atoms with E-state index in [1.807, 2.05) is 6.07 Å². The van der Waals surface area contributed by atoms with E-state index in [0.717, 1.165) is 5.56 Å². The Morgan fingerprint density at radius 3 is 2.42 bits per heavy atom. The molecule has 0 atom stereocenters. The fourth-order valence-corrected chi connectivity index (χ4v) is 5.04. The molecule has 7 nitrogen and oxygen atoms in total. The number of para-hydroxylation sites is 1. The maximum Gasteiger partial charge on any atom is 0.417 e. The van der Waals surface area contributed by atoms with Crippen LogP contribution in [0.3, 0.4) is 0 Å². The molecule has 0 bridgehead atoms. The number of carbonyl (C=O) groups is 1. The van der Waals surface area contributed by atoms with E-state index in [9.17, 15) is 13.2 Å². The molecule has 3 aromatic carbocycles. The fourth-order valence-electron chi connectivity index (χ4n) is 3.50. The van der Waals surface area contributed by atoms with E-state index in [1.165, 1.54) is 23.5 Å². The molecule has 8 heteroatoms. The summed E-state index contributed by atoms with van der Waals surface area (Å²) in [5.41, 5.74) is 2.01. The average molecular weight is 439 g/mol. The molecule has 0 spiro atoms. The summed E-state index contributed by atoms with van der Waals surface area (Å²) in [7, 11) is -2.18. The molecule has 1 heterocycles. The highest BCUT2D eigenvalue weighted by atomic mass is 32.2. The molecule has 0 saturated heterocycles. The number of nitrogens with one attached hydrogen (secondary N) is 1. The van der Waals surface area contributed by atoms with Crippen LogP contribution in [0.25, 0.3) is 0 Å². The van der Waals surface area contributed by atoms with E-state index in [-0.39, 0.29) is 4.90 Å². The standard InChI is InChI=1S/C23H22N2O5S/c1-29-19-10-12-21(13-11-19)31(27,28)25-15-5-6-17-16-18(9-14-22(17)25)24-23(26)30-20-7-3-2-4-8-20/h2-4,7-14,16H,5-6,15H2,1H3,(H,24,26). The molecular weight excluding hydrogens is 416 g/mol. The molecule has 1 N–H and O–H groups in total. The molecule has 0 unspecified atom stereocenters. The van der Waals surface area contributed by atoms with E-state index >= 15 is 0 Å². The number of ether oxygens (including phenoxy) is 2. The highest BCUT2D eigenvalue weighted by Gasteiger charge is 2.29. The Hall–Kier alpha value is -3.52. The van der Waals surface area contributed by atoms with Crippen molar-refractivity contribution in [2.75, 3.05) is 23.3 Å². The number of hydrogen-bond acceptors (Lipinski definition) is 5. The summed E-state index contributed by atoms with van der Waals surface area (Å²) in [6.45, 7) is 0.393. The normalized spacial score (nSPS) is 13.3. The van der Waals surface area contributed by atoms with Crippen molar-refractivity contribution in [1.29, 1.82) is 0 Å². The number of carbonyl (C=O) groups excluding carboxylic acids is 1. The molecule has 0 saturated carbocycles. The second-order valence-electron chi connectivity index (χ2n) is 7.03. The van der Waals surface area contributed by atoms with Gasteiger partial charge in [0.1, 0.15) is 11.5 Å². The van der Waals surface area contributed by atoms with Crippen LogP contribution in [0.15, 0.2) is 77.7 Å². The van der Waals surface area contributed by atoms with Crippen LogP contribution in [0.2, 0.25) is 0 Å². The number of aryl methyl sites for hydroxylation is 1. The Bertz CT molecular complexity index is 1180. The van der Waals surface area contributed by atoms with Gasteiger partial charge >= 0.3 is 6.09 Å². The van der Waals surface area contributed by atoms with Gasteiger partial charge in [0.25, 0.3) is 10.0 Å². The van der Waals surface area contributed by atoms with Gasteiger partial charge in [-0.2, -0.15) is 0 Å². The van der Waals surface area contributed by atoms with Crippen molar-refractivity contribution < 1.29 is 22.7 Å². The number of hydrogen-bond donors (Lipinski definition) is 1. The summed E-state index contributed by atoms with van der Waals surface area (Å²) < 4.78 is 38.2. The lowest BCUT2D eigenvalue weighted by molar-refractivity contribution is 0.215. The van der Waals surface area contributed by atoms with E-state index in [1.54, 1.807) is 54.6 Å². The third-order valence-electron chi connectivity index (χ3n) is 5.00. The van der Waals surface area contributed by atoms with Crippen LogP contribution < -0.4 is 19.1 Å². The van der Waals surface area contributed by atoms with Gasteiger partial charge in [0.15, 0.2) is 0 Å². The van der Waals surface area contributed by atoms with Crippen molar-refractivity contribution >= 4 is 27.5 Å². The van der Waals surface area contributed by atoms with Crippen molar-refractivity contribution in [3.8, 4) is 11.5 Å². The van der Waals surface area contributed by atoms with Crippen molar-refractivity contribution in [2.24, 2.45) is 0 Å². The summed E-state index contributed by atoms with van der Waals surface area (Å²) in [5, 5.41) is 2.70. The van der Waals surface area contributed by atoms with Crippen molar-refractivity contribution in [3.63, 3.8) is 0 Å². The Morgan fingerprint density at radius 2 is 1.71 bits per heavy atom. The molecule has 0 aliphatic carbocycles. The Balaban J connectivity index is 1.54. The Morgan fingerprint density at radius 1 is 0.968 bits per heavy atom. The third kappa shape index (κ3) is 4.49. The van der Waals surface area contributed by atoms with Crippen molar-refractivity contribution in [1.82, 2.24) is 0 Å². The quantitative estimate of drug-likeness (QED) is 0.636. The third-order valence-corrected chi connectivity index (χ3v) is 6.83. The van der Waals surface area contributed by atoms with Gasteiger partial charge in [-0.05, 0) is 73.0 Å². The SMILES string of the molecule is COc1ccc(S(=O)(=O)N2CCCc3cc(NC(=O)Oc4ccccc4)ccc32)cc1. The van der Waals surface area contributed by atoms with E-state index < -0.39 is 16.1 Å². The van der Waals surface area contributed by atoms with Gasteiger partial charge in [0.2, 0.25) is 0 Å². The summed E-state index contributed by atoms with van der Waals surface area (Å²) in [6, 6.07) is 20.3. The first kappa shape index (κ1) is 20.7. The Kier molecular flexibility index (Phi) is 5.81. The van der Waals surface area contributed by atoms with Gasteiger partial charge in [-0.3, -0.25) is 9.62 Å². The van der Waals surface area contributed by atoms with Gasteiger partial charge in [-0.1, -0.05) is 18.2 Å². The smallest absolute Gasteiger partial charge is 0.417 e. The van der Waals surface area contributed by atoms with Gasteiger partial charge in [0.05, 0.1) is 17.7 Å². The molecule has 1 aliphatic heterocycles. The topological polar surface area (TPSA) is 84.9 Å². The lowest BCUT2D eigenvalue weighted by atomic mass is 10.0. The molecule has 0 radical (unpaired) electrons. The van der Waals surface area contributed by atoms with E-state index in [2.05, 4.69) is 5.32 Å². The van der Waals surface area contributed by atoms with Crippen LogP contribution in [-0.4, -0.2) is 28.2 Å². The lowest BCUT2D eigenvalue weighted by Crippen LogP contribution is -2.35. The summed E-state index contributed by atoms with van der Waals surface area (Å²) in [5.74, 6) is 1.03. The maximum absolute atomic E-state index is 13.2. The van der Waals surface area contributed by atoms with Crippen molar-refractivity contribution in [2.45, 2.75) is 17.7 Å². The van der Waals surface area contributed by atoms with E-state index in [4.69, 9.17) is 9.47 Å². The molecule has 31 heavy (non-hydrogen) atoms. The fraction of sp³-hybridized carbons (Fsp3) is 0.174. The number of nitrogens with zero attached hydrogens (tertiary/aromatic N) is 1. The molecular formula is C23H22N2O5S. The lowest BCUT2D eigenvalue weighted by Gasteiger charge is -2.31. The maximum atomic E-state index is 13.2. The van der Waals surface area contributed by atoms with Crippen molar-refractivity contribution in [3.05, 3.63) is 78.4 Å². The van der Waals surface area contributed by atoms with Gasteiger partial charge in [0, 0.05) is 12.2 Å². The van der Waals surface area contributed by atoms with Crippen LogP contribution in [-0.2, 0) is 16.4 Å². The number of rotatable bonds is 5. The Labute approximate surface area is 181 Å². The zero-order chi connectivity index (χ0) is 21.8. The van der Waals surface area contributed by atoms with Crippen LogP contribution in [0.1, 0.15) is 12.0 Å². The van der Waals surface area contributed by atoms with Gasteiger partial charge in [-0.25, -0.2) is 13.2 Å². The molecule has 3 aromatic rings. The molecule has 0 aromatic heterocycles.